The van der Waals surface area contributed by atoms with Crippen LogP contribution in [0.2, 0.25) is 0 Å². The van der Waals surface area contributed by atoms with Crippen molar-refractivity contribution in [1.29, 1.82) is 0 Å². The molecule has 0 fully saturated rings. The number of hydrogen-bond acceptors (Lipinski definition) is 8. The predicted octanol–water partition coefficient (Wildman–Crippen LogP) is -0.916. The second-order valence-corrected chi connectivity index (χ2v) is 7.06. The van der Waals surface area contributed by atoms with Crippen LogP contribution in [0.4, 0.5) is 0 Å². The van der Waals surface area contributed by atoms with E-state index in [4.69, 9.17) is 10.2 Å². The Morgan fingerprint density at radius 2 is 1.12 bits per heavy atom. The van der Waals surface area contributed by atoms with Gasteiger partial charge in [0.25, 0.3) is 0 Å². The number of amides is 2. The number of nitrogens with one attached hydrogen (secondary N) is 4. The molecule has 10 heteroatoms. The van der Waals surface area contributed by atoms with Crippen LogP contribution in [0.25, 0.3) is 0 Å². The zero-order chi connectivity index (χ0) is 20.4. The van der Waals surface area contributed by atoms with Gasteiger partial charge in [-0.25, -0.2) is 0 Å². The summed E-state index contributed by atoms with van der Waals surface area (Å²) in [6, 6.07) is 0. The summed E-state index contributed by atoms with van der Waals surface area (Å²) < 4.78 is 0. The number of aliphatic hydroxyl groups is 2. The molecular formula is C16H34N6O4. The van der Waals surface area contributed by atoms with Crippen LogP contribution < -0.4 is 21.3 Å². The van der Waals surface area contributed by atoms with Gasteiger partial charge in [0, 0.05) is 13.1 Å². The molecule has 0 bridgehead atoms. The molecule has 0 saturated carbocycles. The molecule has 2 atom stereocenters. The third kappa shape index (κ3) is 9.18. The van der Waals surface area contributed by atoms with Gasteiger partial charge in [-0.1, -0.05) is 0 Å². The van der Waals surface area contributed by atoms with Crippen LogP contribution in [0.3, 0.4) is 0 Å². The summed E-state index contributed by atoms with van der Waals surface area (Å²) in [5.41, 5.74) is -2.32. The minimum Gasteiger partial charge on any atom is -0.395 e. The van der Waals surface area contributed by atoms with Crippen LogP contribution in [-0.4, -0.2) is 71.7 Å². The Balaban J connectivity index is 4.79. The summed E-state index contributed by atoms with van der Waals surface area (Å²) in [5.74, 6) is -0.707. The van der Waals surface area contributed by atoms with Gasteiger partial charge in [0.05, 0.1) is 25.5 Å². The van der Waals surface area contributed by atoms with Gasteiger partial charge in [0.1, 0.15) is 0 Å². The normalized spacial score (nSPS) is 14.9. The molecule has 6 N–H and O–H groups in total. The minimum atomic E-state index is -1.16. The summed E-state index contributed by atoms with van der Waals surface area (Å²) in [7, 11) is 0. The fourth-order valence-electron chi connectivity index (χ4n) is 1.75. The number of nitrogens with zero attached hydrogens (tertiary/aromatic N) is 2. The molecule has 0 aliphatic carbocycles. The highest BCUT2D eigenvalue weighted by Gasteiger charge is 2.33. The Bertz CT molecular complexity index is 439. The second-order valence-electron chi connectivity index (χ2n) is 7.06. The van der Waals surface area contributed by atoms with Crippen molar-refractivity contribution in [1.82, 2.24) is 21.3 Å². The molecule has 152 valence electrons. The van der Waals surface area contributed by atoms with Crippen LogP contribution in [0.15, 0.2) is 10.2 Å². The first-order valence-electron chi connectivity index (χ1n) is 8.70. The Hall–Kier alpha value is -1.62. The lowest BCUT2D eigenvalue weighted by molar-refractivity contribution is -0.128. The zero-order valence-electron chi connectivity index (χ0n) is 16.6. The molecule has 0 spiro atoms. The van der Waals surface area contributed by atoms with Crippen LogP contribution in [-0.2, 0) is 9.59 Å². The summed E-state index contributed by atoms with van der Waals surface area (Å²) in [4.78, 5) is 24.6. The van der Waals surface area contributed by atoms with Crippen LogP contribution >= 0.6 is 0 Å². The summed E-state index contributed by atoms with van der Waals surface area (Å²) >= 11 is 0. The second kappa shape index (κ2) is 11.2. The fourth-order valence-corrected chi connectivity index (χ4v) is 1.75. The van der Waals surface area contributed by atoms with Crippen LogP contribution in [0.5, 0.6) is 0 Å². The van der Waals surface area contributed by atoms with E-state index in [9.17, 15) is 9.59 Å². The van der Waals surface area contributed by atoms with E-state index in [2.05, 4.69) is 31.5 Å². The lowest BCUT2D eigenvalue weighted by Gasteiger charge is -2.25. The lowest BCUT2D eigenvalue weighted by Crippen LogP contribution is -2.52. The third-order valence-corrected chi connectivity index (χ3v) is 3.48. The molecule has 2 unspecified atom stereocenters. The Morgan fingerprint density at radius 3 is 1.38 bits per heavy atom. The molecule has 0 saturated heterocycles. The Labute approximate surface area is 155 Å². The molecule has 0 aromatic carbocycles. The predicted molar refractivity (Wildman–Crippen MR) is 98.4 cm³/mol. The first-order chi connectivity index (χ1) is 12.0. The average Bonchev–Trinajstić information content (AvgIpc) is 2.56. The molecule has 0 aliphatic rings. The SMILES string of the molecule is CC(NCCO)NC(=O)C(C)(C)/N=N/C(C)(C)C(=O)NC(C)NCCO. The number of azo groups is 1. The summed E-state index contributed by atoms with van der Waals surface area (Å²) in [6.07, 6.45) is -0.669. The van der Waals surface area contributed by atoms with Crippen molar-refractivity contribution in [2.45, 2.75) is 65.0 Å². The van der Waals surface area contributed by atoms with Crippen molar-refractivity contribution in [3.63, 3.8) is 0 Å². The molecule has 0 aliphatic heterocycles. The van der Waals surface area contributed by atoms with Crippen molar-refractivity contribution in [2.24, 2.45) is 10.2 Å². The number of aliphatic hydroxyl groups excluding tert-OH is 2. The number of rotatable bonds is 12. The molecule has 0 aromatic heterocycles. The van der Waals surface area contributed by atoms with Gasteiger partial charge in [-0.15, -0.1) is 0 Å². The molecule has 0 rings (SSSR count). The highest BCUT2D eigenvalue weighted by Crippen LogP contribution is 2.16. The topological polar surface area (TPSA) is 147 Å². The van der Waals surface area contributed by atoms with Gasteiger partial charge in [-0.3, -0.25) is 20.2 Å². The standard InChI is InChI=1S/C16H34N6O4/c1-11(17-7-9-23)19-13(25)15(3,4)21-22-16(5,6)14(26)20-12(2)18-8-10-24/h11-12,17-18,23-24H,7-10H2,1-6H3,(H,19,25)(H,20,26)/b22-21+. The van der Waals surface area contributed by atoms with Crippen LogP contribution in [0.1, 0.15) is 41.5 Å². The molecule has 26 heavy (non-hydrogen) atoms. The highest BCUT2D eigenvalue weighted by molar-refractivity contribution is 5.87. The largest absolute Gasteiger partial charge is 0.395 e. The maximum absolute atomic E-state index is 12.3. The third-order valence-electron chi connectivity index (χ3n) is 3.48. The first kappa shape index (κ1) is 24.4. The minimum absolute atomic E-state index is 0.0296. The highest BCUT2D eigenvalue weighted by atomic mass is 16.3. The maximum Gasteiger partial charge on any atom is 0.250 e. The van der Waals surface area contributed by atoms with E-state index in [1.165, 1.54) is 0 Å². The molecule has 0 aromatic rings. The molecule has 2 amide bonds. The van der Waals surface area contributed by atoms with Crippen molar-refractivity contribution in [2.75, 3.05) is 26.3 Å². The number of carbonyl (C=O) groups is 2. The summed E-state index contributed by atoms with van der Waals surface area (Å²) in [6.45, 7) is 10.6. The van der Waals surface area contributed by atoms with Crippen molar-refractivity contribution in [3.8, 4) is 0 Å². The van der Waals surface area contributed by atoms with E-state index in [0.29, 0.717) is 13.1 Å². The van der Waals surface area contributed by atoms with Gasteiger partial charge >= 0.3 is 0 Å². The number of carbonyl (C=O) groups excluding carboxylic acids is 2. The van der Waals surface area contributed by atoms with Gasteiger partial charge in [-0.2, -0.15) is 10.2 Å². The smallest absolute Gasteiger partial charge is 0.250 e. The molecule has 0 heterocycles. The monoisotopic (exact) mass is 374 g/mol. The van der Waals surface area contributed by atoms with Crippen molar-refractivity contribution < 1.29 is 19.8 Å². The molecule has 0 radical (unpaired) electrons. The van der Waals surface area contributed by atoms with Gasteiger partial charge in [-0.05, 0) is 41.5 Å². The molecular weight excluding hydrogens is 340 g/mol. The quantitative estimate of drug-likeness (QED) is 0.192. The Kier molecular flexibility index (Phi) is 10.5. The average molecular weight is 374 g/mol. The van der Waals surface area contributed by atoms with Crippen molar-refractivity contribution in [3.05, 3.63) is 0 Å². The van der Waals surface area contributed by atoms with E-state index in [-0.39, 0.29) is 37.4 Å². The lowest BCUT2D eigenvalue weighted by atomic mass is 10.0. The van der Waals surface area contributed by atoms with E-state index in [1.807, 2.05) is 0 Å². The van der Waals surface area contributed by atoms with Gasteiger partial charge in [0.2, 0.25) is 11.8 Å². The number of hydrogen-bond donors (Lipinski definition) is 6. The maximum atomic E-state index is 12.3. The van der Waals surface area contributed by atoms with Crippen LogP contribution in [0, 0.1) is 0 Å². The first-order valence-corrected chi connectivity index (χ1v) is 8.70. The van der Waals surface area contributed by atoms with E-state index >= 15 is 0 Å². The van der Waals surface area contributed by atoms with E-state index in [0.717, 1.165) is 0 Å². The summed E-state index contributed by atoms with van der Waals surface area (Å²) in [5, 5.41) is 37.0. The Morgan fingerprint density at radius 1 is 0.808 bits per heavy atom. The zero-order valence-corrected chi connectivity index (χ0v) is 16.6. The fraction of sp³-hybridized carbons (Fsp3) is 0.875. The van der Waals surface area contributed by atoms with E-state index in [1.54, 1.807) is 41.5 Å². The molecule has 10 nitrogen and oxygen atoms in total. The van der Waals surface area contributed by atoms with Gasteiger partial charge < -0.3 is 20.8 Å². The van der Waals surface area contributed by atoms with E-state index < -0.39 is 11.1 Å². The van der Waals surface area contributed by atoms with Crippen molar-refractivity contribution >= 4 is 11.8 Å². The van der Waals surface area contributed by atoms with Gasteiger partial charge in [0.15, 0.2) is 11.1 Å².